The second-order valence-electron chi connectivity index (χ2n) is 7.29. The van der Waals surface area contributed by atoms with Gasteiger partial charge in [0, 0.05) is 23.5 Å². The van der Waals surface area contributed by atoms with E-state index in [9.17, 15) is 9.59 Å². The van der Waals surface area contributed by atoms with Crippen LogP contribution in [-0.2, 0) is 11.2 Å². The van der Waals surface area contributed by atoms with Gasteiger partial charge in [-0.3, -0.25) is 9.59 Å². The molecule has 0 unspecified atom stereocenters. The maximum Gasteiger partial charge on any atom is 0.254 e. The number of carbonyl (C=O) groups is 2. The largest absolute Gasteiger partial charge is 0.494 e. The first-order chi connectivity index (χ1) is 14.3. The maximum absolute atomic E-state index is 12.5. The quantitative estimate of drug-likeness (QED) is 0.594. The highest BCUT2D eigenvalue weighted by Crippen LogP contribution is 2.23. The molecule has 0 saturated heterocycles. The van der Waals surface area contributed by atoms with Crippen LogP contribution >= 0.6 is 0 Å². The Morgan fingerprint density at radius 1 is 1.23 bits per heavy atom. The lowest BCUT2D eigenvalue weighted by Crippen LogP contribution is -2.15. The first-order valence-electron chi connectivity index (χ1n) is 9.98. The summed E-state index contributed by atoms with van der Waals surface area (Å²) in [6, 6.07) is 5.64. The van der Waals surface area contributed by atoms with Crippen molar-refractivity contribution in [2.75, 3.05) is 11.9 Å². The molecular weight excluding hydrogens is 382 g/mol. The number of aryl methyl sites for hydroxylation is 3. The third kappa shape index (κ3) is 4.42. The molecule has 3 rings (SSSR count). The molecule has 0 saturated carbocycles. The maximum atomic E-state index is 12.5. The number of nitrogens with zero attached hydrogens (tertiary/aromatic N) is 3. The first-order valence-corrected chi connectivity index (χ1v) is 9.98. The molecule has 158 valence electrons. The Balaban J connectivity index is 1.70. The van der Waals surface area contributed by atoms with Crippen LogP contribution in [0.25, 0.3) is 5.65 Å². The predicted octanol–water partition coefficient (Wildman–Crippen LogP) is 3.11. The summed E-state index contributed by atoms with van der Waals surface area (Å²) >= 11 is 0. The van der Waals surface area contributed by atoms with Gasteiger partial charge < -0.3 is 15.8 Å². The first kappa shape index (κ1) is 21.3. The number of nitrogens with two attached hydrogens (primary N) is 1. The molecule has 0 aliphatic carbocycles. The average Bonchev–Trinajstić information content (AvgIpc) is 3.12. The molecule has 30 heavy (non-hydrogen) atoms. The Kier molecular flexibility index (Phi) is 6.34. The fraction of sp³-hybridized carbons (Fsp3) is 0.364. The molecule has 0 radical (unpaired) electrons. The summed E-state index contributed by atoms with van der Waals surface area (Å²) in [4.78, 5) is 28.6. The Labute approximate surface area is 175 Å². The van der Waals surface area contributed by atoms with Gasteiger partial charge in [-0.05, 0) is 62.9 Å². The molecule has 8 nitrogen and oxygen atoms in total. The van der Waals surface area contributed by atoms with E-state index in [1.165, 1.54) is 6.20 Å². The molecular formula is C22H27N5O3. The minimum absolute atomic E-state index is 0.0856. The normalized spacial score (nSPS) is 10.9. The topological polar surface area (TPSA) is 112 Å². The fourth-order valence-corrected chi connectivity index (χ4v) is 3.38. The molecule has 0 atom stereocenters. The molecule has 2 heterocycles. The molecule has 2 aromatic heterocycles. The fourth-order valence-electron chi connectivity index (χ4n) is 3.38. The van der Waals surface area contributed by atoms with Crippen LogP contribution in [0.4, 0.5) is 5.69 Å². The SMILES string of the molecule is CCCOc1ccc(NC(=O)CCc2c(C)nc3c(C(N)=O)cnn3c2C)c(C)c1. The van der Waals surface area contributed by atoms with Crippen LogP contribution in [0.2, 0.25) is 0 Å². The van der Waals surface area contributed by atoms with Crippen LogP contribution in [0.15, 0.2) is 24.4 Å². The number of hydrogen-bond donors (Lipinski definition) is 2. The molecule has 0 bridgehead atoms. The number of anilines is 1. The number of amides is 2. The van der Waals surface area contributed by atoms with Crippen molar-refractivity contribution in [2.45, 2.75) is 47.0 Å². The standard InChI is InChI=1S/C22H27N5O3/c1-5-10-30-16-6-8-19(13(2)11-16)26-20(28)9-7-17-14(3)25-22-18(21(23)29)12-24-27(22)15(17)4/h6,8,11-12H,5,7,9-10H2,1-4H3,(H2,23,29)(H,26,28). The lowest BCUT2D eigenvalue weighted by molar-refractivity contribution is -0.116. The number of carbonyl (C=O) groups excluding carboxylic acids is 2. The van der Waals surface area contributed by atoms with E-state index < -0.39 is 5.91 Å². The molecule has 0 aliphatic heterocycles. The third-order valence-electron chi connectivity index (χ3n) is 5.02. The van der Waals surface area contributed by atoms with E-state index in [1.54, 1.807) is 4.52 Å². The third-order valence-corrected chi connectivity index (χ3v) is 5.02. The van der Waals surface area contributed by atoms with Gasteiger partial charge in [-0.25, -0.2) is 9.50 Å². The van der Waals surface area contributed by atoms with E-state index in [2.05, 4.69) is 22.3 Å². The van der Waals surface area contributed by atoms with Crippen molar-refractivity contribution in [3.63, 3.8) is 0 Å². The lowest BCUT2D eigenvalue weighted by Gasteiger charge is -2.13. The Morgan fingerprint density at radius 3 is 2.67 bits per heavy atom. The molecule has 2 amide bonds. The predicted molar refractivity (Wildman–Crippen MR) is 115 cm³/mol. The van der Waals surface area contributed by atoms with Crippen LogP contribution in [0.5, 0.6) is 5.75 Å². The van der Waals surface area contributed by atoms with E-state index in [0.717, 1.165) is 40.4 Å². The van der Waals surface area contributed by atoms with E-state index in [-0.39, 0.29) is 11.5 Å². The highest BCUT2D eigenvalue weighted by atomic mass is 16.5. The smallest absolute Gasteiger partial charge is 0.254 e. The zero-order chi connectivity index (χ0) is 21.8. The number of primary amides is 1. The van der Waals surface area contributed by atoms with Crippen LogP contribution in [-0.4, -0.2) is 33.0 Å². The number of ether oxygens (including phenoxy) is 1. The van der Waals surface area contributed by atoms with Crippen molar-refractivity contribution in [1.29, 1.82) is 0 Å². The van der Waals surface area contributed by atoms with Gasteiger partial charge in [0.2, 0.25) is 5.91 Å². The minimum atomic E-state index is -0.565. The summed E-state index contributed by atoms with van der Waals surface area (Å²) in [5.74, 6) is 0.148. The van der Waals surface area contributed by atoms with Gasteiger partial charge in [0.15, 0.2) is 5.65 Å². The summed E-state index contributed by atoms with van der Waals surface area (Å²) in [6.07, 6.45) is 3.17. The summed E-state index contributed by atoms with van der Waals surface area (Å²) in [7, 11) is 0. The molecule has 0 fully saturated rings. The van der Waals surface area contributed by atoms with E-state index >= 15 is 0 Å². The summed E-state index contributed by atoms with van der Waals surface area (Å²) < 4.78 is 7.22. The van der Waals surface area contributed by atoms with Gasteiger partial charge in [0.25, 0.3) is 5.91 Å². The van der Waals surface area contributed by atoms with Crippen molar-refractivity contribution < 1.29 is 14.3 Å². The van der Waals surface area contributed by atoms with Gasteiger partial charge in [-0.15, -0.1) is 0 Å². The number of nitrogens with one attached hydrogen (secondary N) is 1. The van der Waals surface area contributed by atoms with E-state index in [0.29, 0.717) is 25.1 Å². The molecule has 0 aliphatic rings. The molecule has 3 aromatic rings. The molecule has 3 N–H and O–H groups in total. The molecule has 8 heteroatoms. The highest BCUT2D eigenvalue weighted by molar-refractivity contribution is 5.98. The number of rotatable bonds is 8. The van der Waals surface area contributed by atoms with Gasteiger partial charge in [0.1, 0.15) is 11.3 Å². The van der Waals surface area contributed by atoms with Crippen molar-refractivity contribution in [3.05, 3.63) is 52.5 Å². The zero-order valence-corrected chi connectivity index (χ0v) is 17.8. The Bertz CT molecular complexity index is 1100. The van der Waals surface area contributed by atoms with Crippen LogP contribution in [0.3, 0.4) is 0 Å². The van der Waals surface area contributed by atoms with Crippen molar-refractivity contribution >= 4 is 23.1 Å². The van der Waals surface area contributed by atoms with Gasteiger partial charge in [0.05, 0.1) is 12.8 Å². The van der Waals surface area contributed by atoms with Crippen LogP contribution in [0, 0.1) is 20.8 Å². The molecule has 1 aromatic carbocycles. The highest BCUT2D eigenvalue weighted by Gasteiger charge is 2.17. The summed E-state index contributed by atoms with van der Waals surface area (Å²) in [6.45, 7) is 8.41. The zero-order valence-electron chi connectivity index (χ0n) is 17.8. The lowest BCUT2D eigenvalue weighted by atomic mass is 10.1. The van der Waals surface area contributed by atoms with Crippen LogP contribution in [0.1, 0.15) is 52.6 Å². The summed E-state index contributed by atoms with van der Waals surface area (Å²) in [5.41, 5.74) is 10.3. The van der Waals surface area contributed by atoms with E-state index in [4.69, 9.17) is 10.5 Å². The van der Waals surface area contributed by atoms with Gasteiger partial charge in [-0.1, -0.05) is 6.92 Å². The summed E-state index contributed by atoms with van der Waals surface area (Å²) in [5, 5.41) is 7.18. The van der Waals surface area contributed by atoms with Gasteiger partial charge >= 0.3 is 0 Å². The number of hydrogen-bond acceptors (Lipinski definition) is 5. The second-order valence-corrected chi connectivity index (χ2v) is 7.29. The average molecular weight is 409 g/mol. The molecule has 0 spiro atoms. The minimum Gasteiger partial charge on any atom is -0.494 e. The van der Waals surface area contributed by atoms with Crippen molar-refractivity contribution in [2.24, 2.45) is 5.73 Å². The van der Waals surface area contributed by atoms with Crippen molar-refractivity contribution in [1.82, 2.24) is 14.6 Å². The second kappa shape index (κ2) is 8.94. The Hall–Kier alpha value is -3.42. The van der Waals surface area contributed by atoms with Crippen molar-refractivity contribution in [3.8, 4) is 5.75 Å². The Morgan fingerprint density at radius 2 is 2.00 bits per heavy atom. The number of fused-ring (bicyclic) bond motifs is 1. The van der Waals surface area contributed by atoms with Crippen LogP contribution < -0.4 is 15.8 Å². The monoisotopic (exact) mass is 409 g/mol. The number of aromatic nitrogens is 3. The van der Waals surface area contributed by atoms with Gasteiger partial charge in [-0.2, -0.15) is 5.10 Å². The van der Waals surface area contributed by atoms with E-state index in [1.807, 2.05) is 39.0 Å². The number of benzene rings is 1.